The van der Waals surface area contributed by atoms with Crippen molar-refractivity contribution in [2.75, 3.05) is 24.9 Å². The minimum atomic E-state index is -3.94. The van der Waals surface area contributed by atoms with Crippen molar-refractivity contribution in [1.82, 2.24) is 9.47 Å². The van der Waals surface area contributed by atoms with Gasteiger partial charge in [0.15, 0.2) is 0 Å². The molecule has 0 radical (unpaired) electrons. The summed E-state index contributed by atoms with van der Waals surface area (Å²) < 4.78 is 37.1. The lowest BCUT2D eigenvalue weighted by atomic mass is 10.1. The number of hydrogen-bond donors (Lipinski definition) is 1. The predicted molar refractivity (Wildman–Crippen MR) is 143 cm³/mol. The molecule has 0 spiro atoms. The molecule has 1 N–H and O–H groups in total. The first-order chi connectivity index (χ1) is 17.4. The highest BCUT2D eigenvalue weighted by Crippen LogP contribution is 2.32. The summed E-state index contributed by atoms with van der Waals surface area (Å²) in [6.07, 6.45) is 4.09. The van der Waals surface area contributed by atoms with Crippen LogP contribution in [0.1, 0.15) is 43.0 Å². The monoisotopic (exact) mass is 505 g/mol. The fraction of sp³-hybridized carbons (Fsp3) is 0.321. The zero-order valence-corrected chi connectivity index (χ0v) is 21.5. The fourth-order valence-corrected chi connectivity index (χ4v) is 6.21. The number of aryl methyl sites for hydroxylation is 1. The topological polar surface area (TPSA) is 80.6 Å². The first-order valence-corrected chi connectivity index (χ1v) is 13.9. The van der Waals surface area contributed by atoms with Crippen molar-refractivity contribution in [1.29, 1.82) is 0 Å². The molecule has 1 aliphatic heterocycles. The molecule has 7 nitrogen and oxygen atoms in total. The van der Waals surface area contributed by atoms with Gasteiger partial charge in [0.1, 0.15) is 5.75 Å². The number of rotatable bonds is 6. The van der Waals surface area contributed by atoms with Gasteiger partial charge in [-0.2, -0.15) is 0 Å². The van der Waals surface area contributed by atoms with Gasteiger partial charge in [0.25, 0.3) is 15.9 Å². The van der Waals surface area contributed by atoms with Gasteiger partial charge in [0, 0.05) is 47.1 Å². The van der Waals surface area contributed by atoms with E-state index < -0.39 is 10.0 Å². The molecule has 0 aliphatic carbocycles. The number of carbonyl (C=O) groups excluding carboxylic acids is 1. The summed E-state index contributed by atoms with van der Waals surface area (Å²) in [5.41, 5.74) is 2.90. The molecule has 0 unspecified atom stereocenters. The van der Waals surface area contributed by atoms with Gasteiger partial charge in [0.2, 0.25) is 0 Å². The highest BCUT2D eigenvalue weighted by Gasteiger charge is 2.24. The lowest BCUT2D eigenvalue weighted by Gasteiger charge is -2.22. The quantitative estimate of drug-likeness (QED) is 0.368. The van der Waals surface area contributed by atoms with Crippen molar-refractivity contribution >= 4 is 43.4 Å². The second-order valence-electron chi connectivity index (χ2n) is 9.17. The summed E-state index contributed by atoms with van der Waals surface area (Å²) in [5, 5.41) is 2.06. The van der Waals surface area contributed by atoms with Gasteiger partial charge in [-0.05, 0) is 62.2 Å². The Balaban J connectivity index is 1.49. The number of fused-ring (bicyclic) bond motifs is 3. The van der Waals surface area contributed by atoms with E-state index in [0.29, 0.717) is 24.5 Å². The molecule has 1 aliphatic rings. The molecule has 1 saturated heterocycles. The van der Waals surface area contributed by atoms with Crippen LogP contribution in [0.25, 0.3) is 21.8 Å². The molecule has 2 heterocycles. The third kappa shape index (κ3) is 4.41. The van der Waals surface area contributed by atoms with E-state index in [9.17, 15) is 13.2 Å². The number of carbonyl (C=O) groups is 1. The Morgan fingerprint density at radius 3 is 2.36 bits per heavy atom. The zero-order valence-electron chi connectivity index (χ0n) is 20.7. The smallest absolute Gasteiger partial charge is 0.261 e. The van der Waals surface area contributed by atoms with Gasteiger partial charge in [0.05, 0.1) is 17.6 Å². The molecule has 0 atom stereocenters. The first-order valence-electron chi connectivity index (χ1n) is 12.4. The Labute approximate surface area is 211 Å². The number of methoxy groups -OCH3 is 1. The molecule has 4 aromatic rings. The number of ether oxygens (including phenoxy) is 1. The van der Waals surface area contributed by atoms with Crippen molar-refractivity contribution in [3.8, 4) is 5.75 Å². The van der Waals surface area contributed by atoms with Crippen LogP contribution >= 0.6 is 0 Å². The van der Waals surface area contributed by atoms with Crippen LogP contribution < -0.4 is 9.46 Å². The van der Waals surface area contributed by atoms with E-state index in [1.54, 1.807) is 17.0 Å². The van der Waals surface area contributed by atoms with Crippen LogP contribution in [0, 0.1) is 0 Å². The maximum absolute atomic E-state index is 13.4. The summed E-state index contributed by atoms with van der Waals surface area (Å²) in [7, 11) is -2.45. The van der Waals surface area contributed by atoms with Gasteiger partial charge < -0.3 is 14.2 Å². The highest BCUT2D eigenvalue weighted by molar-refractivity contribution is 7.92. The van der Waals surface area contributed by atoms with Crippen molar-refractivity contribution in [3.05, 3.63) is 66.2 Å². The number of para-hydroxylation sites is 1. The molecule has 5 rings (SSSR count). The van der Waals surface area contributed by atoms with E-state index in [2.05, 4.69) is 22.3 Å². The number of likely N-dealkylation sites (tertiary alicyclic amines) is 1. The standard InChI is InChI=1S/C28H31N3O4S/c1-3-31-25-11-7-6-10-22(25)23-18-20(12-14-26(23)31)29-36(33,34)21-13-15-27(35-2)24(19-21)28(32)30-16-8-4-5-9-17-30/h6-7,10-15,18-19,29H,3-5,8-9,16-17H2,1-2H3. The first kappa shape index (κ1) is 24.2. The lowest BCUT2D eigenvalue weighted by molar-refractivity contribution is 0.0758. The predicted octanol–water partition coefficient (Wildman–Crippen LogP) is 5.64. The zero-order chi connectivity index (χ0) is 25.3. The Morgan fingerprint density at radius 2 is 1.64 bits per heavy atom. The van der Waals surface area contributed by atoms with Gasteiger partial charge in [-0.15, -0.1) is 0 Å². The third-order valence-corrected chi connectivity index (χ3v) is 8.32. The highest BCUT2D eigenvalue weighted by atomic mass is 32.2. The lowest BCUT2D eigenvalue weighted by Crippen LogP contribution is -2.32. The molecule has 36 heavy (non-hydrogen) atoms. The number of nitrogens with one attached hydrogen (secondary N) is 1. The maximum Gasteiger partial charge on any atom is 0.261 e. The summed E-state index contributed by atoms with van der Waals surface area (Å²) in [6.45, 7) is 4.25. The largest absolute Gasteiger partial charge is 0.496 e. The van der Waals surface area contributed by atoms with Crippen molar-refractivity contribution in [2.45, 2.75) is 44.0 Å². The summed E-state index contributed by atoms with van der Waals surface area (Å²) in [6, 6.07) is 18.2. The molecule has 188 valence electrons. The number of aromatic nitrogens is 1. The second kappa shape index (κ2) is 9.85. The number of amides is 1. The Hall–Kier alpha value is -3.52. The molecular weight excluding hydrogens is 474 g/mol. The maximum atomic E-state index is 13.4. The van der Waals surface area contributed by atoms with E-state index in [1.807, 2.05) is 30.3 Å². The number of hydrogen-bond acceptors (Lipinski definition) is 4. The SMILES string of the molecule is CCn1c2ccccc2c2cc(NS(=O)(=O)c3ccc(OC)c(C(=O)N4CCCCCC4)c3)ccc21. The van der Waals surface area contributed by atoms with Crippen molar-refractivity contribution in [3.63, 3.8) is 0 Å². The average Bonchev–Trinajstić information content (AvgIpc) is 3.02. The van der Waals surface area contributed by atoms with E-state index >= 15 is 0 Å². The van der Waals surface area contributed by atoms with Crippen LogP contribution in [0.5, 0.6) is 5.75 Å². The number of benzene rings is 3. The Bertz CT molecular complexity index is 1530. The molecule has 0 bridgehead atoms. The Kier molecular flexibility index (Phi) is 6.62. The van der Waals surface area contributed by atoms with Crippen LogP contribution in [0.3, 0.4) is 0 Å². The summed E-state index contributed by atoms with van der Waals surface area (Å²) in [5.74, 6) is 0.177. The fourth-order valence-electron chi connectivity index (χ4n) is 5.14. The molecule has 0 saturated carbocycles. The molecule has 1 fully saturated rings. The van der Waals surface area contributed by atoms with Crippen LogP contribution in [0.4, 0.5) is 5.69 Å². The molecule has 1 amide bonds. The molecular formula is C28H31N3O4S. The van der Waals surface area contributed by atoms with Crippen LogP contribution in [-0.4, -0.2) is 44.0 Å². The number of sulfonamides is 1. The second-order valence-corrected chi connectivity index (χ2v) is 10.8. The normalized spacial score (nSPS) is 14.7. The van der Waals surface area contributed by atoms with Crippen LogP contribution in [0.2, 0.25) is 0 Å². The van der Waals surface area contributed by atoms with Gasteiger partial charge in [-0.1, -0.05) is 31.0 Å². The van der Waals surface area contributed by atoms with Gasteiger partial charge >= 0.3 is 0 Å². The van der Waals surface area contributed by atoms with Crippen molar-refractivity contribution < 1.29 is 17.9 Å². The number of nitrogens with zero attached hydrogens (tertiary/aromatic N) is 2. The van der Waals surface area contributed by atoms with Crippen LogP contribution in [0.15, 0.2) is 65.6 Å². The van der Waals surface area contributed by atoms with E-state index in [1.165, 1.54) is 19.2 Å². The van der Waals surface area contributed by atoms with Gasteiger partial charge in [-0.3, -0.25) is 9.52 Å². The molecule has 8 heteroatoms. The van der Waals surface area contributed by atoms with Gasteiger partial charge in [-0.25, -0.2) is 8.42 Å². The average molecular weight is 506 g/mol. The summed E-state index contributed by atoms with van der Waals surface area (Å²) in [4.78, 5) is 15.1. The third-order valence-electron chi connectivity index (χ3n) is 6.95. The molecule has 3 aromatic carbocycles. The Morgan fingerprint density at radius 1 is 0.917 bits per heavy atom. The van der Waals surface area contributed by atoms with Crippen molar-refractivity contribution in [2.24, 2.45) is 0 Å². The minimum Gasteiger partial charge on any atom is -0.496 e. The van der Waals surface area contributed by atoms with E-state index in [4.69, 9.17) is 4.74 Å². The number of anilines is 1. The minimum absolute atomic E-state index is 0.0255. The van der Waals surface area contributed by atoms with Crippen LogP contribution in [-0.2, 0) is 16.6 Å². The summed E-state index contributed by atoms with van der Waals surface area (Å²) >= 11 is 0. The van der Waals surface area contributed by atoms with E-state index in [0.717, 1.165) is 54.0 Å². The van der Waals surface area contributed by atoms with E-state index in [-0.39, 0.29) is 16.4 Å². The molecule has 1 aromatic heterocycles.